The van der Waals surface area contributed by atoms with Crippen LogP contribution in [0, 0.1) is 6.57 Å². The van der Waals surface area contributed by atoms with E-state index < -0.39 is 0 Å². The van der Waals surface area contributed by atoms with Gasteiger partial charge in [-0.15, -0.1) is 0 Å². The molecule has 0 bridgehead atoms. The minimum Gasteiger partial charge on any atom is -0.372 e. The first-order valence-electron chi connectivity index (χ1n) is 13.1. The maximum atomic E-state index is 13.5. The quantitative estimate of drug-likeness (QED) is 0.311. The zero-order valence-corrected chi connectivity index (χ0v) is 21.5. The average Bonchev–Trinajstić information content (AvgIpc) is 3.77. The van der Waals surface area contributed by atoms with Crippen molar-refractivity contribution in [3.63, 3.8) is 0 Å². The number of nitrogens with one attached hydrogen (secondary N) is 1. The molecule has 1 amide bonds. The van der Waals surface area contributed by atoms with Gasteiger partial charge in [0.05, 0.1) is 41.7 Å². The Morgan fingerprint density at radius 3 is 2.42 bits per heavy atom. The number of amides is 1. The number of para-hydroxylation sites is 1. The van der Waals surface area contributed by atoms with E-state index >= 15 is 0 Å². The summed E-state index contributed by atoms with van der Waals surface area (Å²) in [7, 11) is 0. The van der Waals surface area contributed by atoms with Crippen LogP contribution in [0.25, 0.3) is 26.9 Å². The summed E-state index contributed by atoms with van der Waals surface area (Å²) in [5, 5.41) is 4.05. The van der Waals surface area contributed by atoms with Crippen molar-refractivity contribution in [1.82, 2.24) is 9.97 Å². The van der Waals surface area contributed by atoms with Gasteiger partial charge in [0.2, 0.25) is 0 Å². The van der Waals surface area contributed by atoms with Crippen molar-refractivity contribution in [2.24, 2.45) is 0 Å². The van der Waals surface area contributed by atoms with E-state index in [1.165, 1.54) is 0 Å². The minimum atomic E-state index is -0.170. The van der Waals surface area contributed by atoms with Gasteiger partial charge in [-0.25, -0.2) is 9.83 Å². The van der Waals surface area contributed by atoms with E-state index in [1.807, 2.05) is 48.5 Å². The highest BCUT2D eigenvalue weighted by atomic mass is 16.5. The topological polar surface area (TPSA) is 71.7 Å². The number of rotatable bonds is 5. The van der Waals surface area contributed by atoms with Crippen LogP contribution in [-0.2, 0) is 4.74 Å². The molecule has 1 aliphatic heterocycles. The lowest BCUT2D eigenvalue weighted by molar-refractivity contribution is -0.00545. The van der Waals surface area contributed by atoms with Crippen LogP contribution in [0.3, 0.4) is 0 Å². The van der Waals surface area contributed by atoms with Crippen molar-refractivity contribution in [3.8, 4) is 11.1 Å². The summed E-state index contributed by atoms with van der Waals surface area (Å²) < 4.78 is 5.83. The molecule has 1 saturated carbocycles. The van der Waals surface area contributed by atoms with E-state index in [1.54, 1.807) is 12.4 Å². The van der Waals surface area contributed by atoms with Crippen LogP contribution >= 0.6 is 0 Å². The molecule has 2 aromatic heterocycles. The van der Waals surface area contributed by atoms with E-state index in [4.69, 9.17) is 16.3 Å². The summed E-state index contributed by atoms with van der Waals surface area (Å²) in [4.78, 5) is 28.6. The first-order chi connectivity index (χ1) is 18.5. The molecule has 6 rings (SSSR count). The summed E-state index contributed by atoms with van der Waals surface area (Å²) in [6.07, 6.45) is 5.86. The Morgan fingerprint density at radius 2 is 1.76 bits per heavy atom. The molecule has 38 heavy (non-hydrogen) atoms. The lowest BCUT2D eigenvalue weighted by Gasteiger charge is -2.36. The van der Waals surface area contributed by atoms with Gasteiger partial charge in [0.1, 0.15) is 5.82 Å². The van der Waals surface area contributed by atoms with Gasteiger partial charge in [0, 0.05) is 30.2 Å². The fourth-order valence-electron chi connectivity index (χ4n) is 5.40. The highest BCUT2D eigenvalue weighted by molar-refractivity contribution is 6.09. The molecule has 4 aromatic rings. The average molecular weight is 504 g/mol. The first-order valence-corrected chi connectivity index (χ1v) is 13.1. The Kier molecular flexibility index (Phi) is 6.26. The molecule has 0 unspecified atom stereocenters. The number of morpholine rings is 1. The lowest BCUT2D eigenvalue weighted by Crippen LogP contribution is -2.45. The zero-order chi connectivity index (χ0) is 26.2. The predicted molar refractivity (Wildman–Crippen MR) is 150 cm³/mol. The fourth-order valence-corrected chi connectivity index (χ4v) is 5.40. The summed E-state index contributed by atoms with van der Waals surface area (Å²) in [6.45, 7) is 12.9. The number of carbonyl (C=O) groups excluding carboxylic acids is 1. The van der Waals surface area contributed by atoms with Gasteiger partial charge in [-0.05, 0) is 55.9 Å². The zero-order valence-electron chi connectivity index (χ0n) is 21.5. The number of hydrogen-bond acceptors (Lipinski definition) is 5. The van der Waals surface area contributed by atoms with Crippen molar-refractivity contribution in [3.05, 3.63) is 89.5 Å². The number of fused-ring (bicyclic) bond motifs is 1. The molecule has 1 saturated heterocycles. The SMILES string of the molecule is [C-]#[N+]c1ccc(-c2cccc3c(C4CC4)c(C(=O)Nc4ccc(N5C[C@@H](C)O[C@@H](C)C5)nc4)cnc23)cc1. The van der Waals surface area contributed by atoms with Gasteiger partial charge in [-0.3, -0.25) is 9.78 Å². The fraction of sp³-hybridized carbons (Fsp3) is 0.290. The number of nitrogens with zero attached hydrogens (tertiary/aromatic N) is 4. The Balaban J connectivity index is 1.29. The van der Waals surface area contributed by atoms with Crippen molar-refractivity contribution >= 4 is 34.0 Å². The van der Waals surface area contributed by atoms with Crippen LogP contribution in [0.1, 0.15) is 48.5 Å². The second-order valence-corrected chi connectivity index (χ2v) is 10.2. The van der Waals surface area contributed by atoms with Crippen LogP contribution in [0.5, 0.6) is 0 Å². The largest absolute Gasteiger partial charge is 0.372 e. The minimum absolute atomic E-state index is 0.153. The maximum absolute atomic E-state index is 13.5. The number of hydrogen-bond donors (Lipinski definition) is 1. The summed E-state index contributed by atoms with van der Waals surface area (Å²) in [5.74, 6) is 1.07. The van der Waals surface area contributed by atoms with Crippen LogP contribution in [0.4, 0.5) is 17.2 Å². The van der Waals surface area contributed by atoms with Crippen LogP contribution in [0.15, 0.2) is 67.0 Å². The third-order valence-electron chi connectivity index (χ3n) is 7.23. The Bertz CT molecular complexity index is 1530. The number of aromatic nitrogens is 2. The molecule has 2 aromatic carbocycles. The van der Waals surface area contributed by atoms with Crippen molar-refractivity contribution in [1.29, 1.82) is 0 Å². The molecule has 1 N–H and O–H groups in total. The highest BCUT2D eigenvalue weighted by Gasteiger charge is 2.31. The molecule has 7 heteroatoms. The molecule has 190 valence electrons. The summed E-state index contributed by atoms with van der Waals surface area (Å²) >= 11 is 0. The van der Waals surface area contributed by atoms with Gasteiger partial charge >= 0.3 is 0 Å². The number of carbonyl (C=O) groups is 1. The molecule has 1 aliphatic carbocycles. The molecule has 2 atom stereocenters. The normalized spacial score (nSPS) is 19.2. The van der Waals surface area contributed by atoms with Gasteiger partial charge in [-0.1, -0.05) is 42.5 Å². The standard InChI is InChI=1S/C31H29N5O2/c1-19-17-36(18-20(2)38-19)28-14-13-24(15-33-28)35-31(37)27-16-34-30-25(21-9-11-23(32-3)12-10-21)5-4-6-26(30)29(27)22-7-8-22/h4-6,9-16,19-20,22H,7-8,17-18H2,1-2H3,(H,35,37)/t19-,20+. The number of benzene rings is 2. The van der Waals surface area contributed by atoms with Crippen molar-refractivity contribution in [2.75, 3.05) is 23.3 Å². The van der Waals surface area contributed by atoms with E-state index in [-0.39, 0.29) is 18.1 Å². The first kappa shape index (κ1) is 24.1. The van der Waals surface area contributed by atoms with Crippen molar-refractivity contribution < 1.29 is 9.53 Å². The Hall–Kier alpha value is -4.28. The third-order valence-corrected chi connectivity index (χ3v) is 7.23. The second-order valence-electron chi connectivity index (χ2n) is 10.2. The van der Waals surface area contributed by atoms with Gasteiger partial charge in [0.15, 0.2) is 5.69 Å². The van der Waals surface area contributed by atoms with Gasteiger partial charge < -0.3 is 15.0 Å². The maximum Gasteiger partial charge on any atom is 0.257 e. The smallest absolute Gasteiger partial charge is 0.257 e. The number of ether oxygens (including phenoxy) is 1. The molecule has 7 nitrogen and oxygen atoms in total. The van der Waals surface area contributed by atoms with Gasteiger partial charge in [-0.2, -0.15) is 0 Å². The second kappa shape index (κ2) is 9.88. The molecule has 0 radical (unpaired) electrons. The van der Waals surface area contributed by atoms with Crippen LogP contribution in [-0.4, -0.2) is 41.2 Å². The molecule has 0 spiro atoms. The number of anilines is 2. The van der Waals surface area contributed by atoms with Gasteiger partial charge in [0.25, 0.3) is 5.91 Å². The molecular weight excluding hydrogens is 474 g/mol. The monoisotopic (exact) mass is 503 g/mol. The summed E-state index contributed by atoms with van der Waals surface area (Å²) in [5.41, 5.74) is 5.82. The molecule has 2 aliphatic rings. The predicted octanol–water partition coefficient (Wildman–Crippen LogP) is 6.59. The van der Waals surface area contributed by atoms with E-state index in [0.717, 1.165) is 59.3 Å². The highest BCUT2D eigenvalue weighted by Crippen LogP contribution is 2.45. The van der Waals surface area contributed by atoms with Crippen molar-refractivity contribution in [2.45, 2.75) is 44.8 Å². The van der Waals surface area contributed by atoms with Crippen LogP contribution < -0.4 is 10.2 Å². The molecular formula is C31H29N5O2. The van der Waals surface area contributed by atoms with E-state index in [9.17, 15) is 4.79 Å². The summed E-state index contributed by atoms with van der Waals surface area (Å²) in [6, 6.07) is 17.5. The lowest BCUT2D eigenvalue weighted by atomic mass is 9.94. The molecule has 3 heterocycles. The Morgan fingerprint density at radius 1 is 1.00 bits per heavy atom. The van der Waals surface area contributed by atoms with E-state index in [0.29, 0.717) is 22.9 Å². The molecule has 2 fully saturated rings. The Labute approximate surface area is 222 Å². The third kappa shape index (κ3) is 4.71. The number of pyridine rings is 2. The van der Waals surface area contributed by atoms with Crippen LogP contribution in [0.2, 0.25) is 0 Å². The van der Waals surface area contributed by atoms with E-state index in [2.05, 4.69) is 40.0 Å².